The van der Waals surface area contributed by atoms with Gasteiger partial charge in [-0.3, -0.25) is 9.59 Å². The summed E-state index contributed by atoms with van der Waals surface area (Å²) in [5.41, 5.74) is 5.05. The summed E-state index contributed by atoms with van der Waals surface area (Å²) in [5, 5.41) is 4.88. The number of aromatic nitrogens is 1. The molecule has 0 aliphatic carbocycles. The molecule has 5 nitrogen and oxygen atoms in total. The highest BCUT2D eigenvalue weighted by atomic mass is 32.1. The van der Waals surface area contributed by atoms with Crippen LogP contribution in [-0.2, 0) is 11.3 Å². The summed E-state index contributed by atoms with van der Waals surface area (Å²) in [4.78, 5) is 33.2. The minimum Gasteiger partial charge on any atom is -0.350 e. The molecule has 4 rings (SSSR count). The zero-order valence-corrected chi connectivity index (χ0v) is 17.2. The van der Waals surface area contributed by atoms with Gasteiger partial charge in [-0.2, -0.15) is 0 Å². The molecule has 2 aromatic heterocycles. The molecule has 0 radical (unpaired) electrons. The van der Waals surface area contributed by atoms with Crippen molar-refractivity contribution >= 4 is 34.5 Å². The number of carbonyl (C=O) groups excluding carboxylic acids is 2. The highest BCUT2D eigenvalue weighted by Crippen LogP contribution is 2.27. The van der Waals surface area contributed by atoms with Gasteiger partial charge < -0.3 is 10.2 Å². The van der Waals surface area contributed by atoms with Gasteiger partial charge in [0.15, 0.2) is 0 Å². The quantitative estimate of drug-likeness (QED) is 0.687. The lowest BCUT2D eigenvalue weighted by Gasteiger charge is -2.23. The number of carbonyl (C=O) groups is 2. The van der Waals surface area contributed by atoms with E-state index in [1.807, 2.05) is 42.1 Å². The molecule has 0 saturated carbocycles. The van der Waals surface area contributed by atoms with E-state index >= 15 is 0 Å². The van der Waals surface area contributed by atoms with E-state index in [0.717, 1.165) is 23.2 Å². The van der Waals surface area contributed by atoms with Crippen molar-refractivity contribution in [3.05, 3.63) is 63.4 Å². The first kappa shape index (κ1) is 18.8. The molecule has 0 unspecified atom stereocenters. The Kier molecular flexibility index (Phi) is 5.54. The van der Waals surface area contributed by atoms with E-state index < -0.39 is 0 Å². The second-order valence-corrected chi connectivity index (χ2v) is 8.62. The number of hydrogen-bond acceptors (Lipinski definition) is 5. The van der Waals surface area contributed by atoms with Crippen LogP contribution in [0.2, 0.25) is 0 Å². The average molecular weight is 412 g/mol. The van der Waals surface area contributed by atoms with Gasteiger partial charge in [-0.25, -0.2) is 4.98 Å². The highest BCUT2D eigenvalue weighted by molar-refractivity contribution is 7.13. The molecule has 1 aromatic carbocycles. The van der Waals surface area contributed by atoms with Crippen molar-refractivity contribution in [2.75, 3.05) is 6.54 Å². The highest BCUT2D eigenvalue weighted by Gasteiger charge is 2.34. The van der Waals surface area contributed by atoms with Gasteiger partial charge in [0, 0.05) is 13.1 Å². The van der Waals surface area contributed by atoms with Crippen LogP contribution in [0.1, 0.15) is 33.8 Å². The Balaban J connectivity index is 1.37. The first-order valence-corrected chi connectivity index (χ1v) is 11.0. The molecule has 1 N–H and O–H groups in total. The van der Waals surface area contributed by atoms with Gasteiger partial charge in [-0.05, 0) is 42.3 Å². The van der Waals surface area contributed by atoms with Crippen LogP contribution in [-0.4, -0.2) is 34.3 Å². The fourth-order valence-electron chi connectivity index (χ4n) is 3.48. The summed E-state index contributed by atoms with van der Waals surface area (Å²) in [6.45, 7) is 3.10. The summed E-state index contributed by atoms with van der Waals surface area (Å²) >= 11 is 3.04. The third-order valence-corrected chi connectivity index (χ3v) is 6.81. The Labute approximate surface area is 172 Å². The van der Waals surface area contributed by atoms with Crippen LogP contribution in [0, 0.1) is 6.92 Å². The SMILES string of the molecule is Cc1ncsc1-c1ccc(CNC(=O)[C@@H]2CCCN2C(=O)c2cccs2)cc1. The van der Waals surface area contributed by atoms with Crippen molar-refractivity contribution < 1.29 is 9.59 Å². The maximum atomic E-state index is 12.7. The second-order valence-electron chi connectivity index (χ2n) is 6.82. The van der Waals surface area contributed by atoms with Crippen molar-refractivity contribution in [1.82, 2.24) is 15.2 Å². The van der Waals surface area contributed by atoms with Crippen molar-refractivity contribution in [3.63, 3.8) is 0 Å². The van der Waals surface area contributed by atoms with E-state index in [1.54, 1.807) is 16.2 Å². The van der Waals surface area contributed by atoms with Crippen molar-refractivity contribution in [2.45, 2.75) is 32.4 Å². The fourth-order valence-corrected chi connectivity index (χ4v) is 4.97. The van der Waals surface area contributed by atoms with Crippen LogP contribution in [0.5, 0.6) is 0 Å². The molecule has 1 aliphatic rings. The van der Waals surface area contributed by atoms with Gasteiger partial charge in [0.2, 0.25) is 5.91 Å². The van der Waals surface area contributed by atoms with Crippen molar-refractivity contribution in [3.8, 4) is 10.4 Å². The Hall–Kier alpha value is -2.51. The molecular formula is C21H21N3O2S2. The number of benzene rings is 1. The number of thiophene rings is 1. The van der Waals surface area contributed by atoms with Gasteiger partial charge in [0.25, 0.3) is 5.91 Å². The fraction of sp³-hybridized carbons (Fsp3) is 0.286. The van der Waals surface area contributed by atoms with Crippen LogP contribution >= 0.6 is 22.7 Å². The third-order valence-electron chi connectivity index (χ3n) is 4.98. The second kappa shape index (κ2) is 8.24. The Morgan fingerprint density at radius 2 is 2.04 bits per heavy atom. The topological polar surface area (TPSA) is 62.3 Å². The zero-order valence-electron chi connectivity index (χ0n) is 15.6. The number of thiazole rings is 1. The Bertz CT molecular complexity index is 964. The van der Waals surface area contributed by atoms with Gasteiger partial charge in [-0.1, -0.05) is 30.3 Å². The Morgan fingerprint density at radius 1 is 1.21 bits per heavy atom. The van der Waals surface area contributed by atoms with Gasteiger partial charge in [-0.15, -0.1) is 22.7 Å². The van der Waals surface area contributed by atoms with E-state index in [4.69, 9.17) is 0 Å². The molecule has 3 heterocycles. The average Bonchev–Trinajstić information content (AvgIpc) is 3.47. The van der Waals surface area contributed by atoms with E-state index in [0.29, 0.717) is 24.4 Å². The molecule has 3 aromatic rings. The molecule has 1 saturated heterocycles. The van der Waals surface area contributed by atoms with Gasteiger partial charge >= 0.3 is 0 Å². The Morgan fingerprint density at radius 3 is 2.71 bits per heavy atom. The predicted octanol–water partition coefficient (Wildman–Crippen LogP) is 4.10. The molecule has 1 fully saturated rings. The maximum Gasteiger partial charge on any atom is 0.264 e. The molecule has 1 aliphatic heterocycles. The molecule has 0 spiro atoms. The number of nitrogens with zero attached hydrogens (tertiary/aromatic N) is 2. The van der Waals surface area contributed by atoms with Gasteiger partial charge in [0.05, 0.1) is 21.0 Å². The lowest BCUT2D eigenvalue weighted by Crippen LogP contribution is -2.45. The standard InChI is InChI=1S/C21H21N3O2S2/c1-14-19(28-13-23-14)16-8-6-15(7-9-16)12-22-20(25)17-4-2-10-24(17)21(26)18-5-3-11-27-18/h3,5-9,11,13,17H,2,4,10,12H2,1H3,(H,22,25)/t17-/m0/s1. The number of nitrogens with one attached hydrogen (secondary N) is 1. The molecule has 1 atom stereocenters. The van der Waals surface area contributed by atoms with Gasteiger partial charge in [0.1, 0.15) is 6.04 Å². The zero-order chi connectivity index (χ0) is 19.5. The summed E-state index contributed by atoms with van der Waals surface area (Å²) in [7, 11) is 0. The van der Waals surface area contributed by atoms with E-state index in [-0.39, 0.29) is 17.9 Å². The molecule has 2 amide bonds. The summed E-state index contributed by atoms with van der Waals surface area (Å²) < 4.78 is 0. The van der Waals surface area contributed by atoms with Crippen molar-refractivity contribution in [2.24, 2.45) is 0 Å². The number of hydrogen-bond donors (Lipinski definition) is 1. The van der Waals surface area contributed by atoms with E-state index in [1.165, 1.54) is 16.2 Å². The largest absolute Gasteiger partial charge is 0.350 e. The van der Waals surface area contributed by atoms with E-state index in [9.17, 15) is 9.59 Å². The predicted molar refractivity (Wildman–Crippen MR) is 113 cm³/mol. The normalized spacial score (nSPS) is 16.3. The summed E-state index contributed by atoms with van der Waals surface area (Å²) in [6.07, 6.45) is 1.57. The van der Waals surface area contributed by atoms with Crippen LogP contribution in [0.4, 0.5) is 0 Å². The molecule has 7 heteroatoms. The number of likely N-dealkylation sites (tertiary alicyclic amines) is 1. The van der Waals surface area contributed by atoms with Crippen LogP contribution in [0.25, 0.3) is 10.4 Å². The number of amides is 2. The molecule has 0 bridgehead atoms. The van der Waals surface area contributed by atoms with Crippen LogP contribution in [0.3, 0.4) is 0 Å². The van der Waals surface area contributed by atoms with Crippen LogP contribution in [0.15, 0.2) is 47.3 Å². The first-order chi connectivity index (χ1) is 13.6. The molecule has 28 heavy (non-hydrogen) atoms. The number of aryl methyl sites for hydroxylation is 1. The molecule has 144 valence electrons. The van der Waals surface area contributed by atoms with Crippen LogP contribution < -0.4 is 5.32 Å². The molecular weight excluding hydrogens is 390 g/mol. The summed E-state index contributed by atoms with van der Waals surface area (Å²) in [5.74, 6) is -0.123. The summed E-state index contributed by atoms with van der Waals surface area (Å²) in [6, 6.07) is 11.5. The first-order valence-electron chi connectivity index (χ1n) is 9.25. The number of rotatable bonds is 5. The minimum atomic E-state index is -0.381. The maximum absolute atomic E-state index is 12.7. The van der Waals surface area contributed by atoms with E-state index in [2.05, 4.69) is 22.4 Å². The van der Waals surface area contributed by atoms with Crippen molar-refractivity contribution in [1.29, 1.82) is 0 Å². The minimum absolute atomic E-state index is 0.0445. The lowest BCUT2D eigenvalue weighted by molar-refractivity contribution is -0.125. The third kappa shape index (κ3) is 3.86. The lowest BCUT2D eigenvalue weighted by atomic mass is 10.1. The smallest absolute Gasteiger partial charge is 0.264 e. The monoisotopic (exact) mass is 411 g/mol.